The lowest BCUT2D eigenvalue weighted by atomic mass is 10.2. The normalized spacial score (nSPS) is 21.6. The zero-order valence-corrected chi connectivity index (χ0v) is 12.3. The second-order valence-electron chi connectivity index (χ2n) is 4.83. The van der Waals surface area contributed by atoms with Crippen LogP contribution in [0, 0.1) is 0 Å². The summed E-state index contributed by atoms with van der Waals surface area (Å²) >= 11 is 0. The Morgan fingerprint density at radius 1 is 1.50 bits per heavy atom. The molecule has 3 N–H and O–H groups in total. The van der Waals surface area contributed by atoms with Crippen molar-refractivity contribution in [3.63, 3.8) is 0 Å². The average molecular weight is 300 g/mol. The number of sulfone groups is 1. The minimum atomic E-state index is -2.95. The molecule has 1 aromatic heterocycles. The van der Waals surface area contributed by atoms with E-state index in [1.807, 2.05) is 6.92 Å². The van der Waals surface area contributed by atoms with Crippen LogP contribution in [0.15, 0.2) is 6.07 Å². The Morgan fingerprint density at radius 2 is 2.30 bits per heavy atom. The summed E-state index contributed by atoms with van der Waals surface area (Å²) in [6.45, 7) is 2.75. The molecule has 1 aliphatic rings. The van der Waals surface area contributed by atoms with Gasteiger partial charge in [-0.2, -0.15) is 0 Å². The Labute approximate surface area is 118 Å². The van der Waals surface area contributed by atoms with Gasteiger partial charge in [-0.1, -0.05) is 0 Å². The average Bonchev–Trinajstić information content (AvgIpc) is 2.34. The quantitative estimate of drug-likeness (QED) is 0.819. The molecule has 112 valence electrons. The van der Waals surface area contributed by atoms with Crippen molar-refractivity contribution >= 4 is 21.5 Å². The fourth-order valence-electron chi connectivity index (χ4n) is 2.20. The fourth-order valence-corrected chi connectivity index (χ4v) is 3.83. The smallest absolute Gasteiger partial charge is 0.158 e. The van der Waals surface area contributed by atoms with Crippen molar-refractivity contribution in [2.45, 2.75) is 32.4 Å². The molecule has 0 saturated carbocycles. The Balaban J connectivity index is 2.06. The Kier molecular flexibility index (Phi) is 4.77. The van der Waals surface area contributed by atoms with Crippen LogP contribution in [0.3, 0.4) is 0 Å². The van der Waals surface area contributed by atoms with Gasteiger partial charge in [0.1, 0.15) is 18.2 Å². The van der Waals surface area contributed by atoms with E-state index < -0.39 is 9.84 Å². The van der Waals surface area contributed by atoms with Crippen LogP contribution in [0.2, 0.25) is 0 Å². The standard InChI is InChI=1S/C12H20N4O3S/c1-2-19-7-12-15-10(13)6-11(16-12)14-9-4-3-5-20(17,18)8-9/h6,9H,2-5,7-8H2,1H3,(H3,13,14,15,16). The van der Waals surface area contributed by atoms with Gasteiger partial charge in [0.25, 0.3) is 0 Å². The van der Waals surface area contributed by atoms with Gasteiger partial charge in [-0.25, -0.2) is 18.4 Å². The van der Waals surface area contributed by atoms with Gasteiger partial charge in [0.05, 0.1) is 11.5 Å². The fraction of sp³-hybridized carbons (Fsp3) is 0.667. The molecule has 0 amide bonds. The molecule has 0 radical (unpaired) electrons. The molecule has 1 aliphatic heterocycles. The lowest BCUT2D eigenvalue weighted by Crippen LogP contribution is -2.35. The molecule has 1 aromatic rings. The molecule has 2 heterocycles. The molecule has 7 nitrogen and oxygen atoms in total. The zero-order valence-electron chi connectivity index (χ0n) is 11.5. The molecule has 1 atom stereocenters. The van der Waals surface area contributed by atoms with E-state index in [0.29, 0.717) is 37.1 Å². The minimum Gasteiger partial charge on any atom is -0.384 e. The molecule has 1 unspecified atom stereocenters. The first-order valence-electron chi connectivity index (χ1n) is 6.66. The predicted molar refractivity (Wildman–Crippen MR) is 77.1 cm³/mol. The molecule has 1 fully saturated rings. The van der Waals surface area contributed by atoms with Crippen LogP contribution in [0.4, 0.5) is 11.6 Å². The van der Waals surface area contributed by atoms with Crippen molar-refractivity contribution in [3.8, 4) is 0 Å². The largest absolute Gasteiger partial charge is 0.384 e. The third kappa shape index (κ3) is 4.31. The number of rotatable bonds is 5. The minimum absolute atomic E-state index is 0.122. The Morgan fingerprint density at radius 3 is 3.00 bits per heavy atom. The van der Waals surface area contributed by atoms with Crippen molar-refractivity contribution in [3.05, 3.63) is 11.9 Å². The summed E-state index contributed by atoms with van der Waals surface area (Å²) < 4.78 is 28.5. The predicted octanol–water partition coefficient (Wildman–Crippen LogP) is 0.584. The summed E-state index contributed by atoms with van der Waals surface area (Å²) in [6.07, 6.45) is 1.48. The van der Waals surface area contributed by atoms with Crippen molar-refractivity contribution in [2.75, 3.05) is 29.2 Å². The number of nitrogens with one attached hydrogen (secondary N) is 1. The Bertz CT molecular complexity index is 562. The van der Waals surface area contributed by atoms with Crippen molar-refractivity contribution in [2.24, 2.45) is 0 Å². The van der Waals surface area contributed by atoms with E-state index in [0.717, 1.165) is 6.42 Å². The topological polar surface area (TPSA) is 107 Å². The van der Waals surface area contributed by atoms with Gasteiger partial charge in [-0.3, -0.25) is 0 Å². The van der Waals surface area contributed by atoms with E-state index >= 15 is 0 Å². The van der Waals surface area contributed by atoms with Crippen molar-refractivity contribution < 1.29 is 13.2 Å². The third-order valence-corrected chi connectivity index (χ3v) is 4.86. The first kappa shape index (κ1) is 15.0. The number of hydrogen-bond acceptors (Lipinski definition) is 7. The summed E-state index contributed by atoms with van der Waals surface area (Å²) in [4.78, 5) is 8.37. The molecule has 0 aliphatic carbocycles. The summed E-state index contributed by atoms with van der Waals surface area (Å²) in [5.74, 6) is 1.79. The van der Waals surface area contributed by atoms with E-state index in [9.17, 15) is 8.42 Å². The van der Waals surface area contributed by atoms with Gasteiger partial charge >= 0.3 is 0 Å². The second-order valence-corrected chi connectivity index (χ2v) is 7.06. The SMILES string of the molecule is CCOCc1nc(N)cc(NC2CCCS(=O)(=O)C2)n1. The number of nitrogens with two attached hydrogens (primary N) is 1. The van der Waals surface area contributed by atoms with Crippen molar-refractivity contribution in [1.29, 1.82) is 0 Å². The second kappa shape index (κ2) is 6.36. The molecule has 1 saturated heterocycles. The molecule has 2 rings (SSSR count). The van der Waals surface area contributed by atoms with Crippen molar-refractivity contribution in [1.82, 2.24) is 9.97 Å². The maximum Gasteiger partial charge on any atom is 0.158 e. The van der Waals surface area contributed by atoms with E-state index in [4.69, 9.17) is 10.5 Å². The molecule has 8 heteroatoms. The van der Waals surface area contributed by atoms with Crippen LogP contribution in [0.5, 0.6) is 0 Å². The number of aromatic nitrogens is 2. The zero-order chi connectivity index (χ0) is 14.6. The van der Waals surface area contributed by atoms with Crippen LogP contribution < -0.4 is 11.1 Å². The first-order chi connectivity index (χ1) is 9.48. The maximum absolute atomic E-state index is 11.6. The van der Waals surface area contributed by atoms with E-state index in [1.54, 1.807) is 6.07 Å². The van der Waals surface area contributed by atoms with E-state index in [-0.39, 0.29) is 17.5 Å². The third-order valence-electron chi connectivity index (χ3n) is 3.04. The molecule has 20 heavy (non-hydrogen) atoms. The number of nitrogen functional groups attached to an aromatic ring is 1. The van der Waals surface area contributed by atoms with Crippen LogP contribution in [0.25, 0.3) is 0 Å². The highest BCUT2D eigenvalue weighted by molar-refractivity contribution is 7.91. The van der Waals surface area contributed by atoms with E-state index in [1.165, 1.54) is 0 Å². The van der Waals surface area contributed by atoms with Gasteiger partial charge in [-0.05, 0) is 19.8 Å². The molecule has 0 bridgehead atoms. The van der Waals surface area contributed by atoms with Crippen LogP contribution in [-0.2, 0) is 21.2 Å². The van der Waals surface area contributed by atoms with Gasteiger partial charge in [0.2, 0.25) is 0 Å². The van der Waals surface area contributed by atoms with Gasteiger partial charge in [0, 0.05) is 18.7 Å². The lowest BCUT2D eigenvalue weighted by molar-refractivity contribution is 0.128. The highest BCUT2D eigenvalue weighted by Crippen LogP contribution is 2.17. The monoisotopic (exact) mass is 300 g/mol. The maximum atomic E-state index is 11.6. The van der Waals surface area contributed by atoms with E-state index in [2.05, 4.69) is 15.3 Å². The summed E-state index contributed by atoms with van der Waals surface area (Å²) in [7, 11) is -2.95. The van der Waals surface area contributed by atoms with Crippen LogP contribution in [-0.4, -0.2) is 42.5 Å². The highest BCUT2D eigenvalue weighted by atomic mass is 32.2. The first-order valence-corrected chi connectivity index (χ1v) is 8.49. The highest BCUT2D eigenvalue weighted by Gasteiger charge is 2.24. The lowest BCUT2D eigenvalue weighted by Gasteiger charge is -2.23. The summed E-state index contributed by atoms with van der Waals surface area (Å²) in [6, 6.07) is 1.49. The Hall–Kier alpha value is -1.41. The number of hydrogen-bond donors (Lipinski definition) is 2. The number of ether oxygens (including phenoxy) is 1. The summed E-state index contributed by atoms with van der Waals surface area (Å²) in [5.41, 5.74) is 5.72. The number of anilines is 2. The van der Waals surface area contributed by atoms with Crippen LogP contribution in [0.1, 0.15) is 25.6 Å². The van der Waals surface area contributed by atoms with Gasteiger partial charge < -0.3 is 15.8 Å². The molecular weight excluding hydrogens is 280 g/mol. The van der Waals surface area contributed by atoms with Crippen LogP contribution >= 0.6 is 0 Å². The molecular formula is C12H20N4O3S. The van der Waals surface area contributed by atoms with Gasteiger partial charge in [-0.15, -0.1) is 0 Å². The summed E-state index contributed by atoms with van der Waals surface area (Å²) in [5, 5.41) is 3.13. The molecule has 0 spiro atoms. The number of nitrogens with zero attached hydrogens (tertiary/aromatic N) is 2. The van der Waals surface area contributed by atoms with Gasteiger partial charge in [0.15, 0.2) is 15.7 Å². The molecule has 0 aromatic carbocycles.